The average Bonchev–Trinajstić information content (AvgIpc) is 2.88. The molecule has 1 heterocycles. The fourth-order valence-electron chi connectivity index (χ4n) is 1.74. The molecule has 100 valence electrons. The maximum absolute atomic E-state index is 10.9. The lowest BCUT2D eigenvalue weighted by molar-refractivity contribution is -0.384. The zero-order chi connectivity index (χ0) is 13.8. The first kappa shape index (κ1) is 13.5. The van der Waals surface area contributed by atoms with E-state index >= 15 is 0 Å². The van der Waals surface area contributed by atoms with E-state index in [4.69, 9.17) is 0 Å². The van der Waals surface area contributed by atoms with E-state index in [2.05, 4.69) is 17.2 Å². The van der Waals surface area contributed by atoms with Gasteiger partial charge in [0, 0.05) is 17.1 Å². The van der Waals surface area contributed by atoms with Crippen LogP contribution < -0.4 is 5.32 Å². The summed E-state index contributed by atoms with van der Waals surface area (Å²) in [5, 5.41) is 15.0. The predicted molar refractivity (Wildman–Crippen MR) is 76.6 cm³/mol. The molecule has 0 amide bonds. The predicted octanol–water partition coefficient (Wildman–Crippen LogP) is 3.79. The van der Waals surface area contributed by atoms with Crippen molar-refractivity contribution in [2.75, 3.05) is 5.32 Å². The van der Waals surface area contributed by atoms with Crippen LogP contribution >= 0.6 is 11.3 Å². The van der Waals surface area contributed by atoms with Gasteiger partial charge in [0.05, 0.1) is 11.0 Å². The molecule has 0 aliphatic heterocycles. The minimum atomic E-state index is -0.381. The Morgan fingerprint density at radius 3 is 2.84 bits per heavy atom. The second-order valence-corrected chi connectivity index (χ2v) is 5.31. The van der Waals surface area contributed by atoms with Gasteiger partial charge in [-0.25, -0.2) is 4.98 Å². The van der Waals surface area contributed by atoms with Gasteiger partial charge >= 0.3 is 0 Å². The summed E-state index contributed by atoms with van der Waals surface area (Å²) in [5.41, 5.74) is 0.606. The summed E-state index contributed by atoms with van der Waals surface area (Å²) in [6.07, 6.45) is 2.81. The zero-order valence-corrected chi connectivity index (χ0v) is 11.6. The van der Waals surface area contributed by atoms with Crippen molar-refractivity contribution in [3.8, 4) is 0 Å². The summed E-state index contributed by atoms with van der Waals surface area (Å²) in [4.78, 5) is 16.1. The van der Waals surface area contributed by atoms with Crippen molar-refractivity contribution < 1.29 is 4.92 Å². The molecule has 0 saturated carbocycles. The normalized spacial score (nSPS) is 12.1. The molecule has 6 heteroatoms. The van der Waals surface area contributed by atoms with E-state index in [0.29, 0.717) is 5.69 Å². The SMILES string of the molecule is CCc1cnc(C(C)Nc2ccccc2[N+](=O)[O-])s1. The highest BCUT2D eigenvalue weighted by Gasteiger charge is 2.16. The molecule has 5 nitrogen and oxygen atoms in total. The summed E-state index contributed by atoms with van der Waals surface area (Å²) in [6.45, 7) is 4.03. The third-order valence-electron chi connectivity index (χ3n) is 2.76. The van der Waals surface area contributed by atoms with Crippen molar-refractivity contribution in [1.82, 2.24) is 4.98 Å². The molecule has 0 radical (unpaired) electrons. The lowest BCUT2D eigenvalue weighted by atomic mass is 10.2. The zero-order valence-electron chi connectivity index (χ0n) is 10.8. The Bertz CT molecular complexity index is 583. The van der Waals surface area contributed by atoms with Gasteiger partial charge in [-0.05, 0) is 19.4 Å². The minimum absolute atomic E-state index is 0.0496. The number of hydrogen-bond acceptors (Lipinski definition) is 5. The fourth-order valence-corrected chi connectivity index (χ4v) is 2.60. The van der Waals surface area contributed by atoms with E-state index in [0.717, 1.165) is 11.4 Å². The molecule has 19 heavy (non-hydrogen) atoms. The summed E-state index contributed by atoms with van der Waals surface area (Å²) >= 11 is 1.63. The van der Waals surface area contributed by atoms with Crippen molar-refractivity contribution in [3.63, 3.8) is 0 Å². The molecule has 1 unspecified atom stereocenters. The highest BCUT2D eigenvalue weighted by molar-refractivity contribution is 7.11. The third kappa shape index (κ3) is 3.08. The molecule has 2 aromatic rings. The number of aryl methyl sites for hydroxylation is 1. The van der Waals surface area contributed by atoms with Gasteiger partial charge in [-0.15, -0.1) is 11.3 Å². The van der Waals surface area contributed by atoms with E-state index in [1.165, 1.54) is 10.9 Å². The van der Waals surface area contributed by atoms with Crippen LogP contribution in [0.1, 0.15) is 29.8 Å². The molecule has 1 atom stereocenters. The van der Waals surface area contributed by atoms with E-state index in [1.807, 2.05) is 13.1 Å². The monoisotopic (exact) mass is 277 g/mol. The molecule has 0 spiro atoms. The Labute approximate surface area is 115 Å². The van der Waals surface area contributed by atoms with Crippen LogP contribution in [0.3, 0.4) is 0 Å². The van der Waals surface area contributed by atoms with Crippen LogP contribution in [0, 0.1) is 10.1 Å². The first-order chi connectivity index (χ1) is 9.11. The summed E-state index contributed by atoms with van der Waals surface area (Å²) in [6, 6.07) is 6.59. The van der Waals surface area contributed by atoms with Gasteiger partial charge in [0.25, 0.3) is 5.69 Å². The average molecular weight is 277 g/mol. The van der Waals surface area contributed by atoms with Gasteiger partial charge in [0.15, 0.2) is 0 Å². The fraction of sp³-hybridized carbons (Fsp3) is 0.308. The van der Waals surface area contributed by atoms with Crippen molar-refractivity contribution in [1.29, 1.82) is 0 Å². The number of nitro groups is 1. The number of para-hydroxylation sites is 2. The molecule has 0 saturated heterocycles. The quantitative estimate of drug-likeness (QED) is 0.667. The standard InChI is InChI=1S/C13H15N3O2S/c1-3-10-8-14-13(19-10)9(2)15-11-6-4-5-7-12(11)16(17)18/h4-9,15H,3H2,1-2H3. The number of rotatable bonds is 5. The molecular formula is C13H15N3O2S. The van der Waals surface area contributed by atoms with Gasteiger partial charge in [0.1, 0.15) is 10.7 Å². The maximum Gasteiger partial charge on any atom is 0.292 e. The molecule has 0 bridgehead atoms. The van der Waals surface area contributed by atoms with Crippen molar-refractivity contribution >= 4 is 22.7 Å². The number of nitrogens with zero attached hydrogens (tertiary/aromatic N) is 2. The molecule has 1 N–H and O–H groups in total. The number of aromatic nitrogens is 1. The van der Waals surface area contributed by atoms with Crippen LogP contribution in [0.5, 0.6) is 0 Å². The summed E-state index contributed by atoms with van der Waals surface area (Å²) in [7, 11) is 0. The lowest BCUT2D eigenvalue weighted by Gasteiger charge is -2.12. The number of anilines is 1. The molecule has 0 fully saturated rings. The van der Waals surface area contributed by atoms with Gasteiger partial charge in [-0.2, -0.15) is 0 Å². The van der Waals surface area contributed by atoms with Gasteiger partial charge in [-0.1, -0.05) is 19.1 Å². The highest BCUT2D eigenvalue weighted by atomic mass is 32.1. The molecule has 1 aromatic heterocycles. The molecule has 0 aliphatic carbocycles. The molecule has 1 aromatic carbocycles. The van der Waals surface area contributed by atoms with Gasteiger partial charge < -0.3 is 5.32 Å². The smallest absolute Gasteiger partial charge is 0.292 e. The first-order valence-electron chi connectivity index (χ1n) is 6.06. The minimum Gasteiger partial charge on any atom is -0.371 e. The topological polar surface area (TPSA) is 68.1 Å². The number of thiazole rings is 1. The van der Waals surface area contributed by atoms with E-state index in [1.54, 1.807) is 29.5 Å². The number of nitro benzene ring substituents is 1. The van der Waals surface area contributed by atoms with Crippen LogP contribution in [-0.4, -0.2) is 9.91 Å². The summed E-state index contributed by atoms with van der Waals surface area (Å²) < 4.78 is 0. The third-order valence-corrected chi connectivity index (χ3v) is 4.09. The van der Waals surface area contributed by atoms with Crippen LogP contribution in [-0.2, 0) is 6.42 Å². The van der Waals surface area contributed by atoms with Crippen molar-refractivity contribution in [2.45, 2.75) is 26.3 Å². The Morgan fingerprint density at radius 2 is 2.21 bits per heavy atom. The van der Waals surface area contributed by atoms with Gasteiger partial charge in [0.2, 0.25) is 0 Å². The summed E-state index contributed by atoms with van der Waals surface area (Å²) in [5.74, 6) is 0. The van der Waals surface area contributed by atoms with Crippen LogP contribution in [0.2, 0.25) is 0 Å². The Kier molecular flexibility index (Phi) is 4.11. The van der Waals surface area contributed by atoms with Crippen molar-refractivity contribution in [2.24, 2.45) is 0 Å². The second kappa shape index (κ2) is 5.79. The molecular weight excluding hydrogens is 262 g/mol. The van der Waals surface area contributed by atoms with E-state index in [-0.39, 0.29) is 16.7 Å². The van der Waals surface area contributed by atoms with Crippen LogP contribution in [0.15, 0.2) is 30.5 Å². The van der Waals surface area contributed by atoms with Crippen LogP contribution in [0.4, 0.5) is 11.4 Å². The number of hydrogen-bond donors (Lipinski definition) is 1. The number of nitrogens with one attached hydrogen (secondary N) is 1. The van der Waals surface area contributed by atoms with Crippen molar-refractivity contribution in [3.05, 3.63) is 50.5 Å². The maximum atomic E-state index is 10.9. The molecule has 0 aliphatic rings. The Hall–Kier alpha value is -1.95. The Balaban J connectivity index is 2.19. The van der Waals surface area contributed by atoms with Gasteiger partial charge in [-0.3, -0.25) is 10.1 Å². The first-order valence-corrected chi connectivity index (χ1v) is 6.88. The molecule has 2 rings (SSSR count). The second-order valence-electron chi connectivity index (χ2n) is 4.16. The Morgan fingerprint density at radius 1 is 1.47 bits per heavy atom. The lowest BCUT2D eigenvalue weighted by Crippen LogP contribution is -2.07. The van der Waals surface area contributed by atoms with E-state index in [9.17, 15) is 10.1 Å². The largest absolute Gasteiger partial charge is 0.371 e. The van der Waals surface area contributed by atoms with E-state index < -0.39 is 0 Å². The highest BCUT2D eigenvalue weighted by Crippen LogP contribution is 2.29. The van der Waals surface area contributed by atoms with Crippen LogP contribution in [0.25, 0.3) is 0 Å². The number of benzene rings is 1.